The minimum atomic E-state index is -0.0295. The summed E-state index contributed by atoms with van der Waals surface area (Å²) in [4.78, 5) is 22.9. The number of rotatable bonds is 9. The Kier molecular flexibility index (Phi) is 6.85. The zero-order valence-electron chi connectivity index (χ0n) is 13.8. The highest BCUT2D eigenvalue weighted by atomic mass is 16.1. The molecule has 0 unspecified atom stereocenters. The third-order valence-electron chi connectivity index (χ3n) is 4.10. The molecule has 0 radical (unpaired) electrons. The summed E-state index contributed by atoms with van der Waals surface area (Å²) in [5.41, 5.74) is 14.5. The molecule has 4 N–H and O–H groups in total. The molecule has 0 amide bonds. The molecular weight excluding hydrogens is 300 g/mol. The SMILES string of the molecule is NCC(=O)c1ccc(CCCCc2ccc(C(=O)CN)cc2)cc1. The van der Waals surface area contributed by atoms with Gasteiger partial charge in [-0.2, -0.15) is 0 Å². The van der Waals surface area contributed by atoms with E-state index in [1.54, 1.807) is 0 Å². The van der Waals surface area contributed by atoms with Crippen molar-refractivity contribution in [2.45, 2.75) is 25.7 Å². The number of unbranched alkanes of at least 4 members (excludes halogenated alkanes) is 1. The molecule has 0 atom stereocenters. The van der Waals surface area contributed by atoms with E-state index >= 15 is 0 Å². The minimum absolute atomic E-state index is 0.0295. The van der Waals surface area contributed by atoms with Crippen molar-refractivity contribution in [2.75, 3.05) is 13.1 Å². The van der Waals surface area contributed by atoms with Crippen LogP contribution in [-0.4, -0.2) is 24.7 Å². The molecular formula is C20H24N2O2. The summed E-state index contributed by atoms with van der Waals surface area (Å²) in [7, 11) is 0. The Hall–Kier alpha value is -2.30. The lowest BCUT2D eigenvalue weighted by molar-refractivity contribution is 0.0993. The van der Waals surface area contributed by atoms with E-state index in [1.807, 2.05) is 48.5 Å². The lowest BCUT2D eigenvalue weighted by Crippen LogP contribution is -2.13. The van der Waals surface area contributed by atoms with Gasteiger partial charge in [0.2, 0.25) is 0 Å². The highest BCUT2D eigenvalue weighted by Gasteiger charge is 2.04. The number of nitrogens with two attached hydrogens (primary N) is 2. The first-order chi connectivity index (χ1) is 11.6. The predicted octanol–water partition coefficient (Wildman–Crippen LogP) is 2.53. The molecule has 2 aromatic carbocycles. The summed E-state index contributed by atoms with van der Waals surface area (Å²) in [6.07, 6.45) is 4.13. The van der Waals surface area contributed by atoms with E-state index in [2.05, 4.69) is 0 Å². The Labute approximate surface area is 142 Å². The van der Waals surface area contributed by atoms with E-state index in [0.717, 1.165) is 25.7 Å². The van der Waals surface area contributed by atoms with E-state index in [-0.39, 0.29) is 24.7 Å². The standard InChI is InChI=1S/C20H24N2O2/c21-13-19(23)17-9-5-15(6-10-17)3-1-2-4-16-7-11-18(12-8-16)20(24)14-22/h5-12H,1-4,13-14,21-22H2. The maximum atomic E-state index is 11.5. The zero-order valence-corrected chi connectivity index (χ0v) is 13.8. The van der Waals surface area contributed by atoms with Crippen molar-refractivity contribution >= 4 is 11.6 Å². The van der Waals surface area contributed by atoms with E-state index < -0.39 is 0 Å². The van der Waals surface area contributed by atoms with Gasteiger partial charge in [0.15, 0.2) is 11.6 Å². The number of hydrogen-bond donors (Lipinski definition) is 2. The van der Waals surface area contributed by atoms with Gasteiger partial charge in [0, 0.05) is 11.1 Å². The fourth-order valence-corrected chi connectivity index (χ4v) is 2.61. The average Bonchev–Trinajstić information content (AvgIpc) is 2.65. The van der Waals surface area contributed by atoms with Crippen LogP contribution in [0.2, 0.25) is 0 Å². The van der Waals surface area contributed by atoms with Gasteiger partial charge in [-0.1, -0.05) is 48.5 Å². The van der Waals surface area contributed by atoms with Gasteiger partial charge in [0.05, 0.1) is 13.1 Å². The Morgan fingerprint density at radius 2 is 0.958 bits per heavy atom. The molecule has 2 rings (SSSR count). The molecule has 2 aromatic rings. The smallest absolute Gasteiger partial charge is 0.176 e. The normalized spacial score (nSPS) is 10.6. The molecule has 24 heavy (non-hydrogen) atoms. The Morgan fingerprint density at radius 1 is 0.625 bits per heavy atom. The molecule has 0 aliphatic carbocycles. The second kappa shape index (κ2) is 9.11. The van der Waals surface area contributed by atoms with Crippen LogP contribution in [0.4, 0.5) is 0 Å². The van der Waals surface area contributed by atoms with Gasteiger partial charge >= 0.3 is 0 Å². The van der Waals surface area contributed by atoms with Crippen molar-refractivity contribution in [1.82, 2.24) is 0 Å². The zero-order chi connectivity index (χ0) is 17.4. The second-order valence-electron chi connectivity index (χ2n) is 5.86. The van der Waals surface area contributed by atoms with Crippen LogP contribution in [0.5, 0.6) is 0 Å². The lowest BCUT2D eigenvalue weighted by Gasteiger charge is -2.05. The first-order valence-electron chi connectivity index (χ1n) is 8.28. The summed E-state index contributed by atoms with van der Waals surface area (Å²) in [6.45, 7) is 0.101. The number of carbonyl (C=O) groups is 2. The topological polar surface area (TPSA) is 86.2 Å². The van der Waals surface area contributed by atoms with Crippen LogP contribution in [0, 0.1) is 0 Å². The van der Waals surface area contributed by atoms with Gasteiger partial charge in [-0.25, -0.2) is 0 Å². The molecule has 0 spiro atoms. The molecule has 0 aromatic heterocycles. The molecule has 4 nitrogen and oxygen atoms in total. The van der Waals surface area contributed by atoms with E-state index in [9.17, 15) is 9.59 Å². The number of carbonyl (C=O) groups excluding carboxylic acids is 2. The summed E-state index contributed by atoms with van der Waals surface area (Å²) in [5, 5.41) is 0. The van der Waals surface area contributed by atoms with Gasteiger partial charge in [-0.15, -0.1) is 0 Å². The maximum absolute atomic E-state index is 11.5. The first kappa shape index (κ1) is 18.0. The van der Waals surface area contributed by atoms with Gasteiger partial charge in [-0.05, 0) is 36.8 Å². The van der Waals surface area contributed by atoms with Gasteiger partial charge < -0.3 is 11.5 Å². The van der Waals surface area contributed by atoms with Crippen LogP contribution in [0.25, 0.3) is 0 Å². The number of aryl methyl sites for hydroxylation is 2. The Bertz CT molecular complexity index is 614. The van der Waals surface area contributed by atoms with Gasteiger partial charge in [0.1, 0.15) is 0 Å². The molecule has 0 fully saturated rings. The predicted molar refractivity (Wildman–Crippen MR) is 96.3 cm³/mol. The van der Waals surface area contributed by atoms with E-state index in [0.29, 0.717) is 11.1 Å². The Balaban J connectivity index is 1.76. The molecule has 4 heteroatoms. The molecule has 0 bridgehead atoms. The highest BCUT2D eigenvalue weighted by Crippen LogP contribution is 2.12. The van der Waals surface area contributed by atoms with Crippen LogP contribution in [0.1, 0.15) is 44.7 Å². The van der Waals surface area contributed by atoms with Gasteiger partial charge in [-0.3, -0.25) is 9.59 Å². The van der Waals surface area contributed by atoms with Gasteiger partial charge in [0.25, 0.3) is 0 Å². The van der Waals surface area contributed by atoms with Crippen LogP contribution >= 0.6 is 0 Å². The quantitative estimate of drug-likeness (QED) is 0.548. The van der Waals surface area contributed by atoms with Crippen LogP contribution in [0.3, 0.4) is 0 Å². The summed E-state index contributed by atoms with van der Waals surface area (Å²) in [6, 6.07) is 15.4. The monoisotopic (exact) mass is 324 g/mol. The summed E-state index contributed by atoms with van der Waals surface area (Å²) in [5.74, 6) is -0.0590. The molecule has 0 heterocycles. The summed E-state index contributed by atoms with van der Waals surface area (Å²) < 4.78 is 0. The van der Waals surface area contributed by atoms with Crippen molar-refractivity contribution in [1.29, 1.82) is 0 Å². The maximum Gasteiger partial charge on any atom is 0.176 e. The highest BCUT2D eigenvalue weighted by molar-refractivity contribution is 5.97. The first-order valence-corrected chi connectivity index (χ1v) is 8.28. The molecule has 0 aliphatic rings. The molecule has 0 aliphatic heterocycles. The number of ketones is 2. The minimum Gasteiger partial charge on any atom is -0.324 e. The largest absolute Gasteiger partial charge is 0.324 e. The van der Waals surface area contributed by atoms with Crippen molar-refractivity contribution in [3.63, 3.8) is 0 Å². The summed E-state index contributed by atoms with van der Waals surface area (Å²) >= 11 is 0. The number of benzene rings is 2. The van der Waals surface area contributed by atoms with E-state index in [4.69, 9.17) is 11.5 Å². The fourth-order valence-electron chi connectivity index (χ4n) is 2.61. The number of Topliss-reactive ketones (excluding diaryl/α,β-unsaturated/α-hetero) is 2. The van der Waals surface area contributed by atoms with Crippen LogP contribution in [-0.2, 0) is 12.8 Å². The Morgan fingerprint density at radius 3 is 1.25 bits per heavy atom. The molecule has 0 saturated carbocycles. The van der Waals surface area contributed by atoms with E-state index in [1.165, 1.54) is 11.1 Å². The number of hydrogen-bond acceptors (Lipinski definition) is 4. The van der Waals surface area contributed by atoms with Crippen molar-refractivity contribution in [3.8, 4) is 0 Å². The van der Waals surface area contributed by atoms with Crippen molar-refractivity contribution in [2.24, 2.45) is 11.5 Å². The van der Waals surface area contributed by atoms with Crippen molar-refractivity contribution < 1.29 is 9.59 Å². The average molecular weight is 324 g/mol. The lowest BCUT2D eigenvalue weighted by atomic mass is 10.0. The van der Waals surface area contributed by atoms with Crippen molar-refractivity contribution in [3.05, 3.63) is 70.8 Å². The molecule has 126 valence electrons. The third kappa shape index (κ3) is 5.11. The molecule has 0 saturated heterocycles. The third-order valence-corrected chi connectivity index (χ3v) is 4.10. The van der Waals surface area contributed by atoms with Crippen LogP contribution in [0.15, 0.2) is 48.5 Å². The fraction of sp³-hybridized carbons (Fsp3) is 0.300. The second-order valence-corrected chi connectivity index (χ2v) is 5.86. The van der Waals surface area contributed by atoms with Crippen LogP contribution < -0.4 is 11.5 Å².